The zero-order valence-electron chi connectivity index (χ0n) is 10.9. The number of piperidine rings is 1. The molecule has 0 aromatic rings. The van der Waals surface area contributed by atoms with Gasteiger partial charge in [-0.3, -0.25) is 0 Å². The summed E-state index contributed by atoms with van der Waals surface area (Å²) in [4.78, 5) is 0. The Bertz CT molecular complexity index is 327. The van der Waals surface area contributed by atoms with Crippen LogP contribution in [0.15, 0.2) is 0 Å². The Morgan fingerprint density at radius 2 is 1.82 bits per heavy atom. The maximum absolute atomic E-state index is 11.8. The molecule has 1 saturated heterocycles. The summed E-state index contributed by atoms with van der Waals surface area (Å²) in [5.74, 6) is 0.576. The standard InChI is InChI=1S/C11H24N2O3S/c1-11(2,3)10-4-7-13(8-5-10)17(15,16)12-6-9-14/h10,12,14H,4-9H2,1-3H3. The number of nitrogens with zero attached hydrogens (tertiary/aromatic N) is 1. The fourth-order valence-corrected chi connectivity index (χ4v) is 3.45. The summed E-state index contributed by atoms with van der Waals surface area (Å²) < 4.78 is 27.5. The molecule has 1 aliphatic heterocycles. The van der Waals surface area contributed by atoms with E-state index in [1.165, 1.54) is 4.31 Å². The fraction of sp³-hybridized carbons (Fsp3) is 1.00. The Morgan fingerprint density at radius 3 is 2.24 bits per heavy atom. The molecule has 1 heterocycles. The first-order valence-electron chi connectivity index (χ1n) is 6.13. The minimum Gasteiger partial charge on any atom is -0.395 e. The number of aliphatic hydroxyl groups is 1. The zero-order valence-corrected chi connectivity index (χ0v) is 11.8. The van der Waals surface area contributed by atoms with E-state index in [0.29, 0.717) is 19.0 Å². The molecule has 102 valence electrons. The van der Waals surface area contributed by atoms with Gasteiger partial charge in [0.1, 0.15) is 0 Å². The van der Waals surface area contributed by atoms with Gasteiger partial charge in [-0.05, 0) is 24.2 Å². The maximum atomic E-state index is 11.8. The van der Waals surface area contributed by atoms with Gasteiger partial charge in [0.15, 0.2) is 0 Å². The molecule has 0 bridgehead atoms. The van der Waals surface area contributed by atoms with Crippen molar-refractivity contribution in [1.29, 1.82) is 0 Å². The lowest BCUT2D eigenvalue weighted by atomic mass is 9.76. The molecule has 0 spiro atoms. The summed E-state index contributed by atoms with van der Waals surface area (Å²) in [6, 6.07) is 0. The van der Waals surface area contributed by atoms with Crippen molar-refractivity contribution in [3.63, 3.8) is 0 Å². The molecule has 0 aromatic carbocycles. The third-order valence-electron chi connectivity index (χ3n) is 3.41. The van der Waals surface area contributed by atoms with Crippen LogP contribution >= 0.6 is 0 Å². The van der Waals surface area contributed by atoms with Crippen molar-refractivity contribution in [3.8, 4) is 0 Å². The lowest BCUT2D eigenvalue weighted by molar-refractivity contribution is 0.153. The monoisotopic (exact) mass is 264 g/mol. The van der Waals surface area contributed by atoms with Crippen LogP contribution < -0.4 is 4.72 Å². The van der Waals surface area contributed by atoms with Crippen molar-refractivity contribution < 1.29 is 13.5 Å². The Hall–Kier alpha value is -0.170. The van der Waals surface area contributed by atoms with Crippen LogP contribution in [0.1, 0.15) is 33.6 Å². The van der Waals surface area contributed by atoms with Gasteiger partial charge >= 0.3 is 0 Å². The summed E-state index contributed by atoms with van der Waals surface area (Å²) in [6.45, 7) is 7.66. The zero-order chi connectivity index (χ0) is 13.1. The molecule has 1 aliphatic rings. The second-order valence-electron chi connectivity index (χ2n) is 5.66. The van der Waals surface area contributed by atoms with E-state index >= 15 is 0 Å². The predicted molar refractivity (Wildman–Crippen MR) is 67.8 cm³/mol. The Kier molecular flexibility index (Phi) is 4.95. The smallest absolute Gasteiger partial charge is 0.279 e. The maximum Gasteiger partial charge on any atom is 0.279 e. The first-order chi connectivity index (χ1) is 7.77. The second-order valence-corrected chi connectivity index (χ2v) is 7.42. The Labute approximate surface area is 104 Å². The molecular formula is C11H24N2O3S. The van der Waals surface area contributed by atoms with Crippen LogP contribution in [0, 0.1) is 11.3 Å². The first-order valence-corrected chi connectivity index (χ1v) is 7.57. The van der Waals surface area contributed by atoms with Crippen LogP contribution in [0.5, 0.6) is 0 Å². The molecule has 6 heteroatoms. The van der Waals surface area contributed by atoms with Crippen LogP contribution in [-0.4, -0.2) is 44.1 Å². The van der Waals surface area contributed by atoms with Gasteiger partial charge in [-0.1, -0.05) is 20.8 Å². The summed E-state index contributed by atoms with van der Waals surface area (Å²) in [6.07, 6.45) is 1.81. The van der Waals surface area contributed by atoms with E-state index in [0.717, 1.165) is 12.8 Å². The molecule has 0 radical (unpaired) electrons. The van der Waals surface area contributed by atoms with E-state index in [1.807, 2.05) is 0 Å². The van der Waals surface area contributed by atoms with Gasteiger partial charge in [0.05, 0.1) is 6.61 Å². The molecule has 1 rings (SSSR count). The first kappa shape index (κ1) is 14.9. The normalized spacial score (nSPS) is 20.7. The van der Waals surface area contributed by atoms with Crippen LogP contribution in [0.4, 0.5) is 0 Å². The van der Waals surface area contributed by atoms with E-state index in [-0.39, 0.29) is 18.6 Å². The van der Waals surface area contributed by atoms with Gasteiger partial charge in [0, 0.05) is 19.6 Å². The van der Waals surface area contributed by atoms with E-state index < -0.39 is 10.2 Å². The van der Waals surface area contributed by atoms with Gasteiger partial charge < -0.3 is 5.11 Å². The van der Waals surface area contributed by atoms with Crippen LogP contribution in [0.25, 0.3) is 0 Å². The average Bonchev–Trinajstić information content (AvgIpc) is 2.25. The second kappa shape index (κ2) is 5.65. The summed E-state index contributed by atoms with van der Waals surface area (Å²) in [7, 11) is -3.39. The molecule has 0 aromatic heterocycles. The van der Waals surface area contributed by atoms with Crippen LogP contribution in [0.3, 0.4) is 0 Å². The fourth-order valence-electron chi connectivity index (χ4n) is 2.23. The highest BCUT2D eigenvalue weighted by Gasteiger charge is 2.32. The Balaban J connectivity index is 2.52. The van der Waals surface area contributed by atoms with E-state index in [1.54, 1.807) is 0 Å². The summed E-state index contributed by atoms with van der Waals surface area (Å²) >= 11 is 0. The summed E-state index contributed by atoms with van der Waals surface area (Å²) in [5.41, 5.74) is 0.244. The molecule has 0 amide bonds. The van der Waals surface area contributed by atoms with Gasteiger partial charge in [-0.15, -0.1) is 0 Å². The summed E-state index contributed by atoms with van der Waals surface area (Å²) in [5, 5.41) is 8.63. The highest BCUT2D eigenvalue weighted by atomic mass is 32.2. The van der Waals surface area contributed by atoms with Gasteiger partial charge in [0.2, 0.25) is 0 Å². The van der Waals surface area contributed by atoms with Crippen LogP contribution in [-0.2, 0) is 10.2 Å². The van der Waals surface area contributed by atoms with E-state index in [9.17, 15) is 8.42 Å². The largest absolute Gasteiger partial charge is 0.395 e. The lowest BCUT2D eigenvalue weighted by Crippen LogP contribution is -2.47. The van der Waals surface area contributed by atoms with Crippen molar-refractivity contribution in [2.75, 3.05) is 26.2 Å². The number of aliphatic hydroxyl groups excluding tert-OH is 1. The highest BCUT2D eigenvalue weighted by molar-refractivity contribution is 7.87. The van der Waals surface area contributed by atoms with Gasteiger partial charge in [0.25, 0.3) is 10.2 Å². The lowest BCUT2D eigenvalue weighted by Gasteiger charge is -2.38. The van der Waals surface area contributed by atoms with E-state index in [2.05, 4.69) is 25.5 Å². The van der Waals surface area contributed by atoms with Crippen molar-refractivity contribution in [3.05, 3.63) is 0 Å². The molecule has 0 saturated carbocycles. The van der Waals surface area contributed by atoms with Gasteiger partial charge in [-0.2, -0.15) is 17.4 Å². The molecular weight excluding hydrogens is 240 g/mol. The molecule has 5 nitrogen and oxygen atoms in total. The molecule has 1 fully saturated rings. The number of hydrogen-bond donors (Lipinski definition) is 2. The van der Waals surface area contributed by atoms with Gasteiger partial charge in [-0.25, -0.2) is 0 Å². The van der Waals surface area contributed by atoms with E-state index in [4.69, 9.17) is 5.11 Å². The minimum atomic E-state index is -3.39. The minimum absolute atomic E-state index is 0.0849. The van der Waals surface area contributed by atoms with Crippen LogP contribution in [0.2, 0.25) is 0 Å². The molecule has 0 aliphatic carbocycles. The third kappa shape index (κ3) is 4.21. The Morgan fingerprint density at radius 1 is 1.29 bits per heavy atom. The quantitative estimate of drug-likeness (QED) is 0.780. The van der Waals surface area contributed by atoms with Crippen molar-refractivity contribution in [2.45, 2.75) is 33.6 Å². The molecule has 0 atom stereocenters. The number of rotatable bonds is 4. The predicted octanol–water partition coefficient (Wildman–Crippen LogP) is 0.571. The molecule has 0 unspecified atom stereocenters. The highest BCUT2D eigenvalue weighted by Crippen LogP contribution is 2.34. The average molecular weight is 264 g/mol. The third-order valence-corrected chi connectivity index (χ3v) is 5.03. The van der Waals surface area contributed by atoms with Crippen molar-refractivity contribution >= 4 is 10.2 Å². The van der Waals surface area contributed by atoms with Crippen molar-refractivity contribution in [2.24, 2.45) is 11.3 Å². The SMILES string of the molecule is CC(C)(C)C1CCN(S(=O)(=O)NCCO)CC1. The number of hydrogen-bond acceptors (Lipinski definition) is 3. The number of nitrogens with one attached hydrogen (secondary N) is 1. The topological polar surface area (TPSA) is 69.6 Å². The molecule has 17 heavy (non-hydrogen) atoms. The van der Waals surface area contributed by atoms with Crippen molar-refractivity contribution in [1.82, 2.24) is 9.03 Å². The molecule has 2 N–H and O–H groups in total.